The molecule has 2 amide bonds. The first-order valence-corrected chi connectivity index (χ1v) is 10.4. The van der Waals surface area contributed by atoms with Gasteiger partial charge in [-0.1, -0.05) is 20.8 Å². The van der Waals surface area contributed by atoms with Crippen molar-refractivity contribution in [3.63, 3.8) is 0 Å². The first-order chi connectivity index (χ1) is 12.6. The predicted octanol–water partition coefficient (Wildman–Crippen LogP) is 2.10. The average molecular weight is 383 g/mol. The predicted molar refractivity (Wildman–Crippen MR) is 105 cm³/mol. The zero-order chi connectivity index (χ0) is 20.4. The van der Waals surface area contributed by atoms with E-state index in [4.69, 9.17) is 4.74 Å². The van der Waals surface area contributed by atoms with Gasteiger partial charge in [0.2, 0.25) is 11.8 Å². The highest BCUT2D eigenvalue weighted by Crippen LogP contribution is 2.55. The van der Waals surface area contributed by atoms with Crippen molar-refractivity contribution in [2.24, 2.45) is 29.1 Å². The molecule has 2 aliphatic rings. The highest BCUT2D eigenvalue weighted by molar-refractivity contribution is 5.79. The number of hydrogen-bond acceptors (Lipinski definition) is 4. The molecule has 0 spiro atoms. The van der Waals surface area contributed by atoms with Crippen molar-refractivity contribution in [2.45, 2.75) is 78.5 Å². The van der Waals surface area contributed by atoms with Gasteiger partial charge < -0.3 is 20.5 Å². The summed E-state index contributed by atoms with van der Waals surface area (Å²) in [5, 5.41) is 17.4. The van der Waals surface area contributed by atoms with Crippen molar-refractivity contribution in [1.29, 1.82) is 0 Å². The lowest BCUT2D eigenvalue weighted by Gasteiger charge is -2.56. The lowest BCUT2D eigenvalue weighted by atomic mass is 9.51. The van der Waals surface area contributed by atoms with Gasteiger partial charge in [0.1, 0.15) is 6.61 Å². The first kappa shape index (κ1) is 22.2. The summed E-state index contributed by atoms with van der Waals surface area (Å²) in [5.74, 6) is -0.120. The van der Waals surface area contributed by atoms with Gasteiger partial charge in [-0.2, -0.15) is 0 Å². The summed E-state index contributed by atoms with van der Waals surface area (Å²) >= 11 is 0. The van der Waals surface area contributed by atoms with Crippen molar-refractivity contribution in [3.05, 3.63) is 0 Å². The summed E-state index contributed by atoms with van der Waals surface area (Å²) < 4.78 is 4.93. The summed E-state index contributed by atoms with van der Waals surface area (Å²) in [6, 6.07) is 0.138. The number of aliphatic hydroxyl groups excluding tert-OH is 1. The maximum Gasteiger partial charge on any atom is 0.246 e. The molecule has 2 aliphatic carbocycles. The molecule has 6 heteroatoms. The molecule has 0 aromatic rings. The Labute approximate surface area is 163 Å². The Hall–Kier alpha value is -1.14. The van der Waals surface area contributed by atoms with E-state index in [1.54, 1.807) is 0 Å². The minimum Gasteiger partial charge on any atom is -0.392 e. The molecule has 2 rings (SSSR count). The summed E-state index contributed by atoms with van der Waals surface area (Å²) in [7, 11) is 1.51. The largest absolute Gasteiger partial charge is 0.392 e. The summed E-state index contributed by atoms with van der Waals surface area (Å²) in [6.07, 6.45) is 3.25. The van der Waals surface area contributed by atoms with Crippen molar-refractivity contribution in [2.75, 3.05) is 13.7 Å². The third-order valence-corrected chi connectivity index (χ3v) is 7.00. The molecule has 0 saturated heterocycles. The van der Waals surface area contributed by atoms with Crippen LogP contribution in [0.2, 0.25) is 0 Å². The maximum atomic E-state index is 12.5. The van der Waals surface area contributed by atoms with E-state index in [9.17, 15) is 14.7 Å². The van der Waals surface area contributed by atoms with Crippen LogP contribution in [0.25, 0.3) is 0 Å². The number of nitrogens with one attached hydrogen (secondary N) is 2. The summed E-state index contributed by atoms with van der Waals surface area (Å²) in [6.45, 7) is 10.3. The quantitative estimate of drug-likeness (QED) is 0.656. The lowest BCUT2D eigenvalue weighted by molar-refractivity contribution is -0.144. The Balaban J connectivity index is 2.14. The number of amides is 2. The van der Waals surface area contributed by atoms with Crippen LogP contribution in [0.5, 0.6) is 0 Å². The van der Waals surface area contributed by atoms with E-state index in [0.29, 0.717) is 0 Å². The van der Waals surface area contributed by atoms with Crippen molar-refractivity contribution in [3.8, 4) is 0 Å². The van der Waals surface area contributed by atoms with Crippen LogP contribution in [-0.2, 0) is 14.3 Å². The van der Waals surface area contributed by atoms with E-state index in [1.807, 2.05) is 20.8 Å². The van der Waals surface area contributed by atoms with Gasteiger partial charge in [-0.25, -0.2) is 0 Å². The molecular weight excluding hydrogens is 344 g/mol. The summed E-state index contributed by atoms with van der Waals surface area (Å²) in [4.78, 5) is 24.5. The number of hydrogen-bond donors (Lipinski definition) is 3. The third-order valence-electron chi connectivity index (χ3n) is 7.00. The van der Waals surface area contributed by atoms with Crippen LogP contribution in [0.15, 0.2) is 0 Å². The van der Waals surface area contributed by atoms with Gasteiger partial charge in [-0.05, 0) is 62.7 Å². The van der Waals surface area contributed by atoms with Gasteiger partial charge in [-0.3, -0.25) is 9.59 Å². The fourth-order valence-corrected chi connectivity index (χ4v) is 5.49. The molecule has 0 bridgehead atoms. The Morgan fingerprint density at radius 1 is 1.22 bits per heavy atom. The van der Waals surface area contributed by atoms with Crippen LogP contribution in [0.4, 0.5) is 0 Å². The van der Waals surface area contributed by atoms with Crippen LogP contribution in [0.3, 0.4) is 0 Å². The Morgan fingerprint density at radius 3 is 2.44 bits per heavy atom. The van der Waals surface area contributed by atoms with Crippen LogP contribution in [0, 0.1) is 29.1 Å². The normalized spacial score (nSPS) is 37.4. The molecule has 0 aliphatic heterocycles. The molecule has 7 atom stereocenters. The van der Waals surface area contributed by atoms with E-state index in [1.165, 1.54) is 7.11 Å². The number of rotatable bonds is 6. The zero-order valence-electron chi connectivity index (χ0n) is 17.7. The van der Waals surface area contributed by atoms with Crippen molar-refractivity contribution >= 4 is 11.8 Å². The minimum atomic E-state index is -0.534. The molecule has 0 heterocycles. The molecule has 0 radical (unpaired) electrons. The standard InChI is InChI=1S/C21H38N2O4/c1-12(2)22-20(26)13(3)15-7-9-21(5)10-8-16(23-17(24)11-27-6)14(4)18(21)19(15)25/h12-16,18-19,25H,7-11H2,1-6H3,(H,22,26)(H,23,24). The lowest BCUT2D eigenvalue weighted by Crippen LogP contribution is -2.59. The van der Waals surface area contributed by atoms with Crippen molar-refractivity contribution < 1.29 is 19.4 Å². The first-order valence-electron chi connectivity index (χ1n) is 10.4. The molecule has 0 aromatic carbocycles. The number of carbonyl (C=O) groups excluding carboxylic acids is 2. The number of fused-ring (bicyclic) bond motifs is 1. The molecule has 27 heavy (non-hydrogen) atoms. The molecular formula is C21H38N2O4. The number of aliphatic hydroxyl groups is 1. The zero-order valence-corrected chi connectivity index (χ0v) is 17.7. The topological polar surface area (TPSA) is 87.7 Å². The van der Waals surface area contributed by atoms with Gasteiger partial charge in [0, 0.05) is 25.1 Å². The molecule has 2 saturated carbocycles. The van der Waals surface area contributed by atoms with Gasteiger partial charge in [-0.15, -0.1) is 0 Å². The van der Waals surface area contributed by atoms with Gasteiger partial charge in [0.25, 0.3) is 0 Å². The van der Waals surface area contributed by atoms with Gasteiger partial charge in [0.05, 0.1) is 6.10 Å². The minimum absolute atomic E-state index is 0.0195. The van der Waals surface area contributed by atoms with Gasteiger partial charge >= 0.3 is 0 Å². The second-order valence-corrected chi connectivity index (χ2v) is 9.33. The summed E-state index contributed by atoms with van der Waals surface area (Å²) in [5.41, 5.74) is 0.0616. The van der Waals surface area contributed by atoms with E-state index < -0.39 is 6.10 Å². The van der Waals surface area contributed by atoms with E-state index >= 15 is 0 Å². The SMILES string of the molecule is COCC(=O)NC1CCC2(C)CCC(C(C)C(=O)NC(C)C)C(O)C2C1C. The fraction of sp³-hybridized carbons (Fsp3) is 0.905. The monoisotopic (exact) mass is 382 g/mol. The third kappa shape index (κ3) is 4.83. The molecule has 3 N–H and O–H groups in total. The fourth-order valence-electron chi connectivity index (χ4n) is 5.49. The van der Waals surface area contributed by atoms with E-state index in [0.717, 1.165) is 25.7 Å². The van der Waals surface area contributed by atoms with Gasteiger partial charge in [0.15, 0.2) is 0 Å². The Kier molecular flexibility index (Phi) is 7.31. The highest BCUT2D eigenvalue weighted by Gasteiger charge is 2.53. The van der Waals surface area contributed by atoms with Crippen LogP contribution >= 0.6 is 0 Å². The van der Waals surface area contributed by atoms with E-state index in [2.05, 4.69) is 24.5 Å². The number of methoxy groups -OCH3 is 1. The number of carbonyl (C=O) groups is 2. The molecule has 0 aromatic heterocycles. The second kappa shape index (κ2) is 8.91. The highest BCUT2D eigenvalue weighted by atomic mass is 16.5. The second-order valence-electron chi connectivity index (χ2n) is 9.33. The Bertz CT molecular complexity index is 538. The maximum absolute atomic E-state index is 12.5. The molecule has 2 fully saturated rings. The molecule has 156 valence electrons. The van der Waals surface area contributed by atoms with E-state index in [-0.39, 0.29) is 59.6 Å². The molecule has 6 nitrogen and oxygen atoms in total. The van der Waals surface area contributed by atoms with Crippen LogP contribution < -0.4 is 10.6 Å². The molecule has 7 unspecified atom stereocenters. The number of ether oxygens (including phenoxy) is 1. The smallest absolute Gasteiger partial charge is 0.246 e. The van der Waals surface area contributed by atoms with Crippen LogP contribution in [-0.4, -0.2) is 48.8 Å². The van der Waals surface area contributed by atoms with Crippen molar-refractivity contribution in [1.82, 2.24) is 10.6 Å². The van der Waals surface area contributed by atoms with Crippen LogP contribution in [0.1, 0.15) is 60.3 Å². The Morgan fingerprint density at radius 2 is 1.85 bits per heavy atom. The average Bonchev–Trinajstić information content (AvgIpc) is 2.57.